The van der Waals surface area contributed by atoms with Crippen molar-refractivity contribution in [2.45, 2.75) is 0 Å². The van der Waals surface area contributed by atoms with E-state index in [0.717, 1.165) is 0 Å². The van der Waals surface area contributed by atoms with Crippen molar-refractivity contribution in [2.24, 2.45) is 0 Å². The molecule has 0 heterocycles. The van der Waals surface area contributed by atoms with Crippen LogP contribution in [0.15, 0.2) is 42.5 Å². The Labute approximate surface area is 134 Å². The number of anilines is 1. The average molecular weight is 315 g/mol. The molecule has 0 aromatic heterocycles. The first-order chi connectivity index (χ1) is 11.2. The van der Waals surface area contributed by atoms with Crippen LogP contribution in [0.1, 0.15) is 10.4 Å². The van der Waals surface area contributed by atoms with E-state index in [-0.39, 0.29) is 12.5 Å². The quantitative estimate of drug-likeness (QED) is 0.795. The van der Waals surface area contributed by atoms with Gasteiger partial charge in [0.2, 0.25) is 0 Å². The summed E-state index contributed by atoms with van der Waals surface area (Å²) in [5.41, 5.74) is 0.950. The number of rotatable bonds is 7. The number of carbonyl (C=O) groups excluding carboxylic acids is 2. The molecule has 0 saturated carbocycles. The van der Waals surface area contributed by atoms with Gasteiger partial charge in [0.25, 0.3) is 5.91 Å². The van der Waals surface area contributed by atoms with E-state index in [1.807, 2.05) is 0 Å². The summed E-state index contributed by atoms with van der Waals surface area (Å²) in [6.07, 6.45) is 0.652. The molecule has 120 valence electrons. The van der Waals surface area contributed by atoms with Gasteiger partial charge in [-0.3, -0.25) is 9.59 Å². The van der Waals surface area contributed by atoms with Crippen molar-refractivity contribution >= 4 is 17.9 Å². The predicted octanol–water partition coefficient (Wildman–Crippen LogP) is 2.53. The van der Waals surface area contributed by atoms with E-state index in [9.17, 15) is 9.59 Å². The molecule has 23 heavy (non-hydrogen) atoms. The second-order valence-electron chi connectivity index (χ2n) is 4.59. The molecule has 2 aromatic rings. The molecule has 0 aliphatic rings. The number of carbonyl (C=O) groups is 2. The lowest BCUT2D eigenvalue weighted by molar-refractivity contribution is -0.118. The SMILES string of the molecule is COc1ccc(NC(=O)COc2ccc(OC)cc2C=O)cc1. The summed E-state index contributed by atoms with van der Waals surface area (Å²) in [6, 6.07) is 11.7. The van der Waals surface area contributed by atoms with Crippen LogP contribution in [0.2, 0.25) is 0 Å². The molecule has 0 aliphatic carbocycles. The van der Waals surface area contributed by atoms with Crippen molar-refractivity contribution in [1.29, 1.82) is 0 Å². The van der Waals surface area contributed by atoms with Crippen LogP contribution in [0.3, 0.4) is 0 Å². The van der Waals surface area contributed by atoms with Gasteiger partial charge in [-0.05, 0) is 42.5 Å². The van der Waals surface area contributed by atoms with Crippen molar-refractivity contribution in [3.05, 3.63) is 48.0 Å². The molecule has 6 heteroatoms. The largest absolute Gasteiger partial charge is 0.497 e. The maximum absolute atomic E-state index is 11.9. The van der Waals surface area contributed by atoms with E-state index in [1.54, 1.807) is 49.6 Å². The van der Waals surface area contributed by atoms with Crippen molar-refractivity contribution in [1.82, 2.24) is 0 Å². The Balaban J connectivity index is 1.94. The molecule has 0 bridgehead atoms. The molecule has 0 spiro atoms. The van der Waals surface area contributed by atoms with Crippen LogP contribution in [0, 0.1) is 0 Å². The average Bonchev–Trinajstić information content (AvgIpc) is 2.60. The smallest absolute Gasteiger partial charge is 0.262 e. The minimum absolute atomic E-state index is 0.209. The van der Waals surface area contributed by atoms with Gasteiger partial charge in [0.15, 0.2) is 12.9 Å². The molecular formula is C17H17NO5. The molecule has 2 aromatic carbocycles. The van der Waals surface area contributed by atoms with Crippen LogP contribution < -0.4 is 19.5 Å². The normalized spacial score (nSPS) is 9.83. The third-order valence-corrected chi connectivity index (χ3v) is 3.08. The number of methoxy groups -OCH3 is 2. The summed E-state index contributed by atoms with van der Waals surface area (Å²) < 4.78 is 15.5. The van der Waals surface area contributed by atoms with Crippen LogP contribution in [0.25, 0.3) is 0 Å². The number of hydrogen-bond acceptors (Lipinski definition) is 5. The summed E-state index contributed by atoms with van der Waals surface area (Å²) in [5, 5.41) is 2.69. The number of aldehydes is 1. The highest BCUT2D eigenvalue weighted by atomic mass is 16.5. The summed E-state index contributed by atoms with van der Waals surface area (Å²) in [5.74, 6) is 1.24. The van der Waals surface area contributed by atoms with Crippen molar-refractivity contribution in [3.63, 3.8) is 0 Å². The first kappa shape index (κ1) is 16.4. The van der Waals surface area contributed by atoms with E-state index in [4.69, 9.17) is 14.2 Å². The lowest BCUT2D eigenvalue weighted by atomic mass is 10.2. The van der Waals surface area contributed by atoms with Gasteiger partial charge < -0.3 is 19.5 Å². The Morgan fingerprint density at radius 3 is 2.30 bits per heavy atom. The van der Waals surface area contributed by atoms with Crippen molar-refractivity contribution < 1.29 is 23.8 Å². The van der Waals surface area contributed by atoms with E-state index in [2.05, 4.69) is 5.32 Å². The molecule has 0 atom stereocenters. The number of amides is 1. The van der Waals surface area contributed by atoms with Crippen LogP contribution in [-0.2, 0) is 4.79 Å². The Bertz CT molecular complexity index is 682. The summed E-state index contributed by atoms with van der Waals surface area (Å²) >= 11 is 0. The minimum Gasteiger partial charge on any atom is -0.497 e. The molecule has 1 N–H and O–H groups in total. The lowest BCUT2D eigenvalue weighted by Gasteiger charge is -2.10. The van der Waals surface area contributed by atoms with Crippen LogP contribution in [-0.4, -0.2) is 33.0 Å². The fourth-order valence-corrected chi connectivity index (χ4v) is 1.89. The lowest BCUT2D eigenvalue weighted by Crippen LogP contribution is -2.20. The Morgan fingerprint density at radius 1 is 1.04 bits per heavy atom. The third-order valence-electron chi connectivity index (χ3n) is 3.08. The summed E-state index contributed by atoms with van der Waals surface area (Å²) in [6.45, 7) is -0.209. The number of benzene rings is 2. The highest BCUT2D eigenvalue weighted by molar-refractivity contribution is 5.92. The molecule has 2 rings (SSSR count). The van der Waals surface area contributed by atoms with Gasteiger partial charge in [-0.15, -0.1) is 0 Å². The molecular weight excluding hydrogens is 298 g/mol. The fraction of sp³-hybridized carbons (Fsp3) is 0.176. The van der Waals surface area contributed by atoms with Crippen LogP contribution >= 0.6 is 0 Å². The van der Waals surface area contributed by atoms with Gasteiger partial charge in [0, 0.05) is 5.69 Å². The standard InChI is InChI=1S/C17H17NO5/c1-21-14-5-3-13(4-6-14)18-17(20)11-23-16-8-7-15(22-2)9-12(16)10-19/h3-10H,11H2,1-2H3,(H,18,20). The maximum Gasteiger partial charge on any atom is 0.262 e. The number of nitrogens with one attached hydrogen (secondary N) is 1. The second-order valence-corrected chi connectivity index (χ2v) is 4.59. The van der Waals surface area contributed by atoms with Crippen molar-refractivity contribution in [3.8, 4) is 17.2 Å². The second kappa shape index (κ2) is 7.84. The molecule has 6 nitrogen and oxygen atoms in total. The highest BCUT2D eigenvalue weighted by Crippen LogP contribution is 2.22. The van der Waals surface area contributed by atoms with Crippen LogP contribution in [0.5, 0.6) is 17.2 Å². The molecule has 0 saturated heterocycles. The van der Waals surface area contributed by atoms with E-state index in [0.29, 0.717) is 34.8 Å². The van der Waals surface area contributed by atoms with Crippen molar-refractivity contribution in [2.75, 3.05) is 26.1 Å². The molecule has 0 radical (unpaired) electrons. The first-order valence-corrected chi connectivity index (χ1v) is 6.86. The maximum atomic E-state index is 11.9. The van der Waals surface area contributed by atoms with Gasteiger partial charge in [0.05, 0.1) is 19.8 Å². The zero-order valence-electron chi connectivity index (χ0n) is 12.9. The Morgan fingerprint density at radius 2 is 1.70 bits per heavy atom. The molecule has 0 aliphatic heterocycles. The third kappa shape index (κ3) is 4.47. The Kier molecular flexibility index (Phi) is 5.57. The minimum atomic E-state index is -0.331. The van der Waals surface area contributed by atoms with Gasteiger partial charge in [0.1, 0.15) is 17.2 Å². The summed E-state index contributed by atoms with van der Waals surface area (Å²) in [7, 11) is 3.08. The van der Waals surface area contributed by atoms with Gasteiger partial charge in [-0.25, -0.2) is 0 Å². The predicted molar refractivity (Wildman–Crippen MR) is 85.5 cm³/mol. The van der Waals surface area contributed by atoms with E-state index in [1.165, 1.54) is 7.11 Å². The zero-order chi connectivity index (χ0) is 16.7. The zero-order valence-corrected chi connectivity index (χ0v) is 12.9. The van der Waals surface area contributed by atoms with E-state index >= 15 is 0 Å². The highest BCUT2D eigenvalue weighted by Gasteiger charge is 2.08. The van der Waals surface area contributed by atoms with Gasteiger partial charge in [-0.2, -0.15) is 0 Å². The first-order valence-electron chi connectivity index (χ1n) is 6.86. The summed E-state index contributed by atoms with van der Waals surface area (Å²) in [4.78, 5) is 22.9. The topological polar surface area (TPSA) is 73.9 Å². The van der Waals surface area contributed by atoms with Gasteiger partial charge in [-0.1, -0.05) is 0 Å². The fourth-order valence-electron chi connectivity index (χ4n) is 1.89. The molecule has 0 unspecified atom stereocenters. The number of ether oxygens (including phenoxy) is 3. The van der Waals surface area contributed by atoms with Crippen LogP contribution in [0.4, 0.5) is 5.69 Å². The monoisotopic (exact) mass is 315 g/mol. The molecule has 0 fully saturated rings. The van der Waals surface area contributed by atoms with E-state index < -0.39 is 0 Å². The number of hydrogen-bond donors (Lipinski definition) is 1. The van der Waals surface area contributed by atoms with Gasteiger partial charge >= 0.3 is 0 Å². The molecule has 1 amide bonds. The Hall–Kier alpha value is -3.02.